The van der Waals surface area contributed by atoms with E-state index in [4.69, 9.17) is 4.74 Å². The van der Waals surface area contributed by atoms with E-state index in [1.54, 1.807) is 39.8 Å². The molecule has 1 unspecified atom stereocenters. The molecule has 0 fully saturated rings. The maximum Gasteiger partial charge on any atom is 0.210 e. The van der Waals surface area contributed by atoms with Gasteiger partial charge in [-0.1, -0.05) is 30.3 Å². The molecule has 0 N–H and O–H groups in total. The number of hydrogen-bond donors (Lipinski definition) is 0. The van der Waals surface area contributed by atoms with Crippen molar-refractivity contribution in [1.82, 2.24) is 0 Å². The first-order valence-electron chi connectivity index (χ1n) is 6.77. The maximum absolute atomic E-state index is 12.6. The van der Waals surface area contributed by atoms with Gasteiger partial charge in [0.1, 0.15) is 0 Å². The van der Waals surface area contributed by atoms with Crippen molar-refractivity contribution in [2.45, 2.75) is 38.0 Å². The zero-order valence-electron chi connectivity index (χ0n) is 12.7. The summed E-state index contributed by atoms with van der Waals surface area (Å²) in [6.07, 6.45) is 1.29. The second-order valence-corrected chi connectivity index (χ2v) is 9.10. The molecule has 0 bridgehead atoms. The Labute approximate surface area is 125 Å². The monoisotopic (exact) mass is 308 g/mol. The van der Waals surface area contributed by atoms with Gasteiger partial charge in [0, 0.05) is 11.1 Å². The summed E-state index contributed by atoms with van der Waals surface area (Å²) in [5, 5.41) is 0. The lowest BCUT2D eigenvalue weighted by Crippen LogP contribution is -2.35. The van der Waals surface area contributed by atoms with Gasteiger partial charge in [0.2, 0.25) is 5.78 Å². The standard InChI is InChI=1S/C16H20O4S/c1-15(2,3)21(18,19)11-12-10-20-16(4,14(12)17)13-8-6-5-7-9-13/h5-10H,11H2,1-4H3. The zero-order chi connectivity index (χ0) is 15.9. The summed E-state index contributed by atoms with van der Waals surface area (Å²) < 4.78 is 29.1. The molecule has 0 saturated carbocycles. The van der Waals surface area contributed by atoms with Crippen LogP contribution in [0.3, 0.4) is 0 Å². The van der Waals surface area contributed by atoms with Crippen molar-refractivity contribution in [3.05, 3.63) is 47.7 Å². The molecule has 1 aliphatic heterocycles. The molecule has 0 spiro atoms. The Morgan fingerprint density at radius 3 is 2.24 bits per heavy atom. The number of hydrogen-bond acceptors (Lipinski definition) is 4. The number of ether oxygens (including phenoxy) is 1. The van der Waals surface area contributed by atoms with E-state index in [1.165, 1.54) is 6.26 Å². The predicted molar refractivity (Wildman–Crippen MR) is 81.5 cm³/mol. The van der Waals surface area contributed by atoms with E-state index in [0.29, 0.717) is 0 Å². The highest BCUT2D eigenvalue weighted by molar-refractivity contribution is 7.92. The molecule has 0 saturated heterocycles. The van der Waals surface area contributed by atoms with Crippen LogP contribution >= 0.6 is 0 Å². The Morgan fingerprint density at radius 1 is 1.14 bits per heavy atom. The molecule has 114 valence electrons. The Bertz CT molecular complexity index is 681. The average molecular weight is 308 g/mol. The molecule has 0 aromatic heterocycles. The number of Topliss-reactive ketones (excluding diaryl/α,β-unsaturated/α-hetero) is 1. The zero-order valence-corrected chi connectivity index (χ0v) is 13.5. The molecular weight excluding hydrogens is 288 g/mol. The summed E-state index contributed by atoms with van der Waals surface area (Å²) in [6.45, 7) is 6.54. The van der Waals surface area contributed by atoms with Crippen LogP contribution in [0.4, 0.5) is 0 Å². The van der Waals surface area contributed by atoms with E-state index in [2.05, 4.69) is 0 Å². The van der Waals surface area contributed by atoms with E-state index >= 15 is 0 Å². The van der Waals surface area contributed by atoms with Gasteiger partial charge in [0.25, 0.3) is 0 Å². The Hall–Kier alpha value is -1.62. The second-order valence-electron chi connectivity index (χ2n) is 6.36. The van der Waals surface area contributed by atoms with Gasteiger partial charge < -0.3 is 4.74 Å². The lowest BCUT2D eigenvalue weighted by molar-refractivity contribution is -0.129. The van der Waals surface area contributed by atoms with Gasteiger partial charge in [-0.15, -0.1) is 0 Å². The van der Waals surface area contributed by atoms with Gasteiger partial charge in [-0.3, -0.25) is 4.79 Å². The fourth-order valence-electron chi connectivity index (χ4n) is 2.08. The fraction of sp³-hybridized carbons (Fsp3) is 0.438. The SMILES string of the molecule is CC1(c2ccccc2)OC=C(CS(=O)(=O)C(C)(C)C)C1=O. The van der Waals surface area contributed by atoms with Gasteiger partial charge >= 0.3 is 0 Å². The third kappa shape index (κ3) is 2.75. The third-order valence-corrected chi connectivity index (χ3v) is 6.32. The van der Waals surface area contributed by atoms with E-state index < -0.39 is 20.2 Å². The van der Waals surface area contributed by atoms with Crippen molar-refractivity contribution in [2.24, 2.45) is 0 Å². The summed E-state index contributed by atoms with van der Waals surface area (Å²) in [6, 6.07) is 9.09. The van der Waals surface area contributed by atoms with Crippen LogP contribution in [0, 0.1) is 0 Å². The van der Waals surface area contributed by atoms with Crippen LogP contribution in [0.25, 0.3) is 0 Å². The molecule has 0 amide bonds. The number of sulfone groups is 1. The largest absolute Gasteiger partial charge is 0.482 e. The molecule has 21 heavy (non-hydrogen) atoms. The van der Waals surface area contributed by atoms with Gasteiger partial charge in [-0.25, -0.2) is 8.42 Å². The first kappa shape index (κ1) is 15.8. The molecule has 1 aromatic rings. The van der Waals surface area contributed by atoms with E-state index in [1.807, 2.05) is 18.2 Å². The van der Waals surface area contributed by atoms with Crippen molar-refractivity contribution >= 4 is 15.6 Å². The highest BCUT2D eigenvalue weighted by Gasteiger charge is 2.45. The summed E-state index contributed by atoms with van der Waals surface area (Å²) >= 11 is 0. The minimum absolute atomic E-state index is 0.205. The Kier molecular flexibility index (Phi) is 3.74. The Balaban J connectivity index is 2.27. The first-order chi connectivity index (χ1) is 9.58. The normalized spacial score (nSPS) is 22.9. The lowest BCUT2D eigenvalue weighted by atomic mass is 9.90. The maximum atomic E-state index is 12.6. The van der Waals surface area contributed by atoms with E-state index in [0.717, 1.165) is 5.56 Å². The average Bonchev–Trinajstić information content (AvgIpc) is 2.68. The molecule has 1 aromatic carbocycles. The fourth-order valence-corrected chi connectivity index (χ4v) is 3.12. The van der Waals surface area contributed by atoms with Crippen LogP contribution in [0.1, 0.15) is 33.3 Å². The van der Waals surface area contributed by atoms with Crippen molar-refractivity contribution in [2.75, 3.05) is 5.75 Å². The molecule has 2 rings (SSSR count). The number of benzene rings is 1. The summed E-state index contributed by atoms with van der Waals surface area (Å²) in [7, 11) is -3.42. The Morgan fingerprint density at radius 2 is 1.71 bits per heavy atom. The first-order valence-corrected chi connectivity index (χ1v) is 8.43. The quantitative estimate of drug-likeness (QED) is 0.861. The summed E-state index contributed by atoms with van der Waals surface area (Å²) in [5.41, 5.74) is -0.213. The molecule has 0 radical (unpaired) electrons. The van der Waals surface area contributed by atoms with Crippen molar-refractivity contribution < 1.29 is 17.9 Å². The number of ketones is 1. The second kappa shape index (κ2) is 4.98. The van der Waals surface area contributed by atoms with Crippen LogP contribution in [-0.2, 0) is 25.0 Å². The number of carbonyl (C=O) groups excluding carboxylic acids is 1. The van der Waals surface area contributed by atoms with E-state index in [9.17, 15) is 13.2 Å². The van der Waals surface area contributed by atoms with Crippen LogP contribution in [0.15, 0.2) is 42.2 Å². The lowest BCUT2D eigenvalue weighted by Gasteiger charge is -2.23. The molecule has 1 atom stereocenters. The molecule has 1 aliphatic rings. The summed E-state index contributed by atoms with van der Waals surface area (Å²) in [4.78, 5) is 12.6. The van der Waals surface area contributed by atoms with Crippen LogP contribution < -0.4 is 0 Å². The summed E-state index contributed by atoms with van der Waals surface area (Å²) in [5.74, 6) is -0.584. The van der Waals surface area contributed by atoms with Gasteiger partial charge in [-0.05, 0) is 27.7 Å². The van der Waals surface area contributed by atoms with Crippen LogP contribution in [0.2, 0.25) is 0 Å². The van der Waals surface area contributed by atoms with Gasteiger partial charge in [-0.2, -0.15) is 0 Å². The highest BCUT2D eigenvalue weighted by Crippen LogP contribution is 2.36. The molecule has 1 heterocycles. The molecule has 5 heteroatoms. The third-order valence-electron chi connectivity index (χ3n) is 3.77. The predicted octanol–water partition coefficient (Wildman–Crippen LogP) is 2.60. The van der Waals surface area contributed by atoms with Crippen molar-refractivity contribution in [3.63, 3.8) is 0 Å². The van der Waals surface area contributed by atoms with E-state index in [-0.39, 0.29) is 17.1 Å². The number of rotatable bonds is 3. The molecule has 0 aliphatic carbocycles. The minimum atomic E-state index is -3.42. The van der Waals surface area contributed by atoms with Gasteiger partial charge in [0.05, 0.1) is 16.8 Å². The van der Waals surface area contributed by atoms with Crippen LogP contribution in [0.5, 0.6) is 0 Å². The minimum Gasteiger partial charge on any atom is -0.482 e. The van der Waals surface area contributed by atoms with Crippen LogP contribution in [-0.4, -0.2) is 24.7 Å². The molecular formula is C16H20O4S. The van der Waals surface area contributed by atoms with Crippen molar-refractivity contribution in [1.29, 1.82) is 0 Å². The van der Waals surface area contributed by atoms with Crippen molar-refractivity contribution in [3.8, 4) is 0 Å². The van der Waals surface area contributed by atoms with Gasteiger partial charge in [0.15, 0.2) is 15.4 Å². The smallest absolute Gasteiger partial charge is 0.210 e. The number of carbonyl (C=O) groups is 1. The molecule has 4 nitrogen and oxygen atoms in total. The highest BCUT2D eigenvalue weighted by atomic mass is 32.2. The topological polar surface area (TPSA) is 60.4 Å².